The molecule has 1 unspecified atom stereocenters. The highest BCUT2D eigenvalue weighted by molar-refractivity contribution is 5.85. The quantitative estimate of drug-likeness (QED) is 0.635. The summed E-state index contributed by atoms with van der Waals surface area (Å²) in [6.07, 6.45) is -0.523. The van der Waals surface area contributed by atoms with Crippen LogP contribution >= 0.6 is 12.4 Å². The van der Waals surface area contributed by atoms with Gasteiger partial charge in [0.2, 0.25) is 0 Å². The topological polar surface area (TPSA) is 52.5 Å². The molecule has 84 valence electrons. The minimum absolute atomic E-state index is 0. The number of nitrogens with one attached hydrogen (secondary N) is 1. The molecule has 4 heteroatoms. The maximum Gasteiger partial charge on any atom is 0.115 e. The molecule has 0 aromatic heterocycles. The average molecular weight is 230 g/mol. The van der Waals surface area contributed by atoms with Crippen LogP contribution in [0.3, 0.4) is 0 Å². The summed E-state index contributed by atoms with van der Waals surface area (Å²) in [4.78, 5) is 0. The van der Waals surface area contributed by atoms with Crippen LogP contribution in [-0.4, -0.2) is 16.8 Å². The van der Waals surface area contributed by atoms with Crippen molar-refractivity contribution >= 4 is 12.4 Å². The van der Waals surface area contributed by atoms with Gasteiger partial charge in [0.05, 0.1) is 6.10 Å². The van der Waals surface area contributed by atoms with Gasteiger partial charge in [0.25, 0.3) is 0 Å². The molecule has 1 aliphatic heterocycles. The highest BCUT2D eigenvalue weighted by atomic mass is 35.5. The van der Waals surface area contributed by atoms with Gasteiger partial charge in [0.15, 0.2) is 0 Å². The number of aromatic hydroxyl groups is 1. The molecule has 3 nitrogen and oxygen atoms in total. The summed E-state index contributed by atoms with van der Waals surface area (Å²) in [5.41, 5.74) is 1.74. The van der Waals surface area contributed by atoms with Gasteiger partial charge in [0.1, 0.15) is 5.75 Å². The van der Waals surface area contributed by atoms with Crippen molar-refractivity contribution in [3.8, 4) is 5.75 Å². The maximum atomic E-state index is 9.74. The molecule has 0 radical (unpaired) electrons. The number of phenols is 1. The zero-order chi connectivity index (χ0) is 10.3. The van der Waals surface area contributed by atoms with Crippen LogP contribution in [0.15, 0.2) is 18.2 Å². The van der Waals surface area contributed by atoms with E-state index in [1.165, 1.54) is 0 Å². The van der Waals surface area contributed by atoms with Gasteiger partial charge in [-0.2, -0.15) is 0 Å². The first-order valence-electron chi connectivity index (χ1n) is 4.77. The number of rotatable bonds is 0. The highest BCUT2D eigenvalue weighted by Gasteiger charge is 2.31. The summed E-state index contributed by atoms with van der Waals surface area (Å²) < 4.78 is 0. The van der Waals surface area contributed by atoms with Crippen molar-refractivity contribution in [1.82, 2.24) is 5.32 Å². The second-order valence-corrected chi connectivity index (χ2v) is 4.29. The number of hydrogen-bond donors (Lipinski definition) is 3. The van der Waals surface area contributed by atoms with Crippen molar-refractivity contribution in [1.29, 1.82) is 0 Å². The van der Waals surface area contributed by atoms with Crippen LogP contribution in [0.1, 0.15) is 31.1 Å². The predicted molar refractivity (Wildman–Crippen MR) is 61.3 cm³/mol. The smallest absolute Gasteiger partial charge is 0.115 e. The summed E-state index contributed by atoms with van der Waals surface area (Å²) in [7, 11) is 0. The lowest BCUT2D eigenvalue weighted by Gasteiger charge is -2.36. The second kappa shape index (κ2) is 4.00. The molecule has 1 heterocycles. The van der Waals surface area contributed by atoms with E-state index in [1.807, 2.05) is 6.07 Å². The normalized spacial score (nSPS) is 22.7. The number of halogens is 1. The molecule has 1 aromatic rings. The largest absolute Gasteiger partial charge is 0.508 e. The van der Waals surface area contributed by atoms with Crippen LogP contribution in [0, 0.1) is 0 Å². The van der Waals surface area contributed by atoms with Crippen molar-refractivity contribution in [2.45, 2.75) is 25.5 Å². The fourth-order valence-electron chi connectivity index (χ4n) is 1.95. The fraction of sp³-hybridized carbons (Fsp3) is 0.455. The SMILES string of the molecule is CC1(C)NCC(O)c2cc(O)ccc21.Cl. The van der Waals surface area contributed by atoms with Crippen LogP contribution < -0.4 is 5.32 Å². The molecule has 1 aliphatic rings. The molecule has 1 aromatic carbocycles. The lowest BCUT2D eigenvalue weighted by molar-refractivity contribution is 0.142. The van der Waals surface area contributed by atoms with E-state index in [9.17, 15) is 10.2 Å². The standard InChI is InChI=1S/C11H15NO2.ClH/c1-11(2)9-4-3-7(13)5-8(9)10(14)6-12-11;/h3-5,10,12-14H,6H2,1-2H3;1H. The zero-order valence-electron chi connectivity index (χ0n) is 8.82. The number of phenolic OH excluding ortho intramolecular Hbond substituents is 1. The summed E-state index contributed by atoms with van der Waals surface area (Å²) in [5.74, 6) is 0.209. The zero-order valence-corrected chi connectivity index (χ0v) is 9.64. The predicted octanol–water partition coefficient (Wildman–Crippen LogP) is 1.69. The van der Waals surface area contributed by atoms with E-state index in [2.05, 4.69) is 19.2 Å². The van der Waals surface area contributed by atoms with Crippen LogP contribution in [0.2, 0.25) is 0 Å². The first-order valence-corrected chi connectivity index (χ1v) is 4.77. The van der Waals surface area contributed by atoms with Crippen LogP contribution in [0.25, 0.3) is 0 Å². The minimum atomic E-state index is -0.523. The van der Waals surface area contributed by atoms with Gasteiger partial charge >= 0.3 is 0 Å². The van der Waals surface area contributed by atoms with Crippen molar-refractivity contribution < 1.29 is 10.2 Å². The third kappa shape index (κ3) is 2.09. The van der Waals surface area contributed by atoms with Crippen molar-refractivity contribution in [3.63, 3.8) is 0 Å². The highest BCUT2D eigenvalue weighted by Crippen LogP contribution is 2.34. The molecule has 2 rings (SSSR count). The van der Waals surface area contributed by atoms with Crippen LogP contribution in [0.5, 0.6) is 5.75 Å². The molecule has 0 saturated heterocycles. The van der Waals surface area contributed by atoms with E-state index >= 15 is 0 Å². The van der Waals surface area contributed by atoms with E-state index in [0.29, 0.717) is 6.54 Å². The molecule has 0 saturated carbocycles. The number of fused-ring (bicyclic) bond motifs is 1. The number of hydrogen-bond acceptors (Lipinski definition) is 3. The Morgan fingerprint density at radius 1 is 1.40 bits per heavy atom. The molecule has 0 fully saturated rings. The summed E-state index contributed by atoms with van der Waals surface area (Å²) in [6, 6.07) is 5.16. The summed E-state index contributed by atoms with van der Waals surface area (Å²) in [5, 5.41) is 22.3. The number of β-amino-alcohol motifs (C(OH)–C–C–N with tert-alkyl or cyclic N) is 1. The molecule has 15 heavy (non-hydrogen) atoms. The molecule has 0 amide bonds. The van der Waals surface area contributed by atoms with Gasteiger partial charge in [-0.15, -0.1) is 12.4 Å². The second-order valence-electron chi connectivity index (χ2n) is 4.29. The number of aliphatic hydroxyl groups excluding tert-OH is 1. The first kappa shape index (κ1) is 12.3. The van der Waals surface area contributed by atoms with Gasteiger partial charge in [0, 0.05) is 12.1 Å². The van der Waals surface area contributed by atoms with Gasteiger partial charge in [-0.3, -0.25) is 0 Å². The van der Waals surface area contributed by atoms with Crippen molar-refractivity contribution in [3.05, 3.63) is 29.3 Å². The van der Waals surface area contributed by atoms with Gasteiger partial charge in [-0.25, -0.2) is 0 Å². The van der Waals surface area contributed by atoms with E-state index in [0.717, 1.165) is 11.1 Å². The van der Waals surface area contributed by atoms with Gasteiger partial charge < -0.3 is 15.5 Å². The Kier molecular flexibility index (Phi) is 3.28. The minimum Gasteiger partial charge on any atom is -0.508 e. The van der Waals surface area contributed by atoms with Crippen molar-refractivity contribution in [2.24, 2.45) is 0 Å². The third-order valence-electron chi connectivity index (χ3n) is 2.80. The average Bonchev–Trinajstić information content (AvgIpc) is 2.12. The molecular weight excluding hydrogens is 214 g/mol. The van der Waals surface area contributed by atoms with Gasteiger partial charge in [-0.1, -0.05) is 6.07 Å². The molecule has 0 spiro atoms. The lowest BCUT2D eigenvalue weighted by Crippen LogP contribution is -2.44. The lowest BCUT2D eigenvalue weighted by atomic mass is 9.84. The Morgan fingerprint density at radius 3 is 2.73 bits per heavy atom. The number of aliphatic hydroxyl groups is 1. The Balaban J connectivity index is 0.00000112. The van der Waals surface area contributed by atoms with Crippen molar-refractivity contribution in [2.75, 3.05) is 6.54 Å². The van der Waals surface area contributed by atoms with E-state index in [1.54, 1.807) is 12.1 Å². The maximum absolute atomic E-state index is 9.74. The Bertz CT molecular complexity index is 366. The Hall–Kier alpha value is -0.770. The van der Waals surface area contributed by atoms with E-state index < -0.39 is 6.10 Å². The summed E-state index contributed by atoms with van der Waals surface area (Å²) >= 11 is 0. The van der Waals surface area contributed by atoms with E-state index in [-0.39, 0.29) is 23.7 Å². The Morgan fingerprint density at radius 2 is 2.07 bits per heavy atom. The van der Waals surface area contributed by atoms with Crippen LogP contribution in [0.4, 0.5) is 0 Å². The number of benzene rings is 1. The molecule has 3 N–H and O–H groups in total. The van der Waals surface area contributed by atoms with E-state index in [4.69, 9.17) is 0 Å². The molecule has 0 aliphatic carbocycles. The van der Waals surface area contributed by atoms with Crippen LogP contribution in [-0.2, 0) is 5.54 Å². The third-order valence-corrected chi connectivity index (χ3v) is 2.80. The molecule has 0 bridgehead atoms. The molecule has 1 atom stereocenters. The summed E-state index contributed by atoms with van der Waals surface area (Å²) in [6.45, 7) is 4.66. The monoisotopic (exact) mass is 229 g/mol. The first-order chi connectivity index (χ1) is 6.50. The molecular formula is C11H16ClNO2. The fourth-order valence-corrected chi connectivity index (χ4v) is 1.95. The van der Waals surface area contributed by atoms with Gasteiger partial charge in [-0.05, 0) is 37.1 Å². The Labute approximate surface area is 95.5 Å².